The second kappa shape index (κ2) is 3.42. The average Bonchev–Trinajstić information content (AvgIpc) is 2.44. The summed E-state index contributed by atoms with van der Waals surface area (Å²) < 4.78 is 3.30. The van der Waals surface area contributed by atoms with Crippen molar-refractivity contribution >= 4 is 0 Å². The van der Waals surface area contributed by atoms with Crippen LogP contribution in [-0.4, -0.2) is 9.13 Å². The molecule has 0 amide bonds. The van der Waals surface area contributed by atoms with E-state index in [2.05, 4.69) is 0 Å². The van der Waals surface area contributed by atoms with Gasteiger partial charge in [0.2, 0.25) is 0 Å². The third-order valence-corrected chi connectivity index (χ3v) is 2.52. The van der Waals surface area contributed by atoms with Crippen molar-refractivity contribution in [1.29, 1.82) is 0 Å². The lowest BCUT2D eigenvalue weighted by Gasteiger charge is -2.03. The summed E-state index contributed by atoms with van der Waals surface area (Å²) in [5.41, 5.74) is 3.06. The van der Waals surface area contributed by atoms with Crippen LogP contribution in [0.4, 0.5) is 0 Å². The average molecular weight is 202 g/mol. The van der Waals surface area contributed by atoms with Gasteiger partial charge in [-0.2, -0.15) is 0 Å². The molecule has 0 aliphatic carbocycles. The number of benzene rings is 1. The second-order valence-electron chi connectivity index (χ2n) is 3.83. The van der Waals surface area contributed by atoms with Crippen molar-refractivity contribution in [3.05, 3.63) is 52.2 Å². The fourth-order valence-electron chi connectivity index (χ4n) is 1.71. The minimum Gasteiger partial charge on any atom is -0.302 e. The first kappa shape index (κ1) is 9.77. The summed E-state index contributed by atoms with van der Waals surface area (Å²) >= 11 is 0. The Balaban J connectivity index is 2.64. The van der Waals surface area contributed by atoms with E-state index in [-0.39, 0.29) is 5.69 Å². The van der Waals surface area contributed by atoms with Gasteiger partial charge >= 0.3 is 5.69 Å². The molecule has 0 N–H and O–H groups in total. The molecule has 3 nitrogen and oxygen atoms in total. The summed E-state index contributed by atoms with van der Waals surface area (Å²) in [7, 11) is 1.76. The van der Waals surface area contributed by atoms with E-state index >= 15 is 0 Å². The molecule has 2 rings (SSSR count). The number of aryl methyl sites for hydroxylation is 3. The molecule has 78 valence electrons. The van der Waals surface area contributed by atoms with E-state index in [1.54, 1.807) is 16.2 Å². The largest absolute Gasteiger partial charge is 0.332 e. The van der Waals surface area contributed by atoms with Gasteiger partial charge in [-0.15, -0.1) is 0 Å². The molecule has 0 bridgehead atoms. The summed E-state index contributed by atoms with van der Waals surface area (Å²) in [4.78, 5) is 11.8. The Morgan fingerprint density at radius 1 is 1.07 bits per heavy atom. The molecular formula is C12H14N2O. The maximum absolute atomic E-state index is 11.8. The van der Waals surface area contributed by atoms with Crippen LogP contribution in [0.5, 0.6) is 0 Å². The molecule has 0 saturated carbocycles. The number of rotatable bonds is 1. The molecule has 2 aromatic rings. The van der Waals surface area contributed by atoms with Crippen molar-refractivity contribution in [3.8, 4) is 5.69 Å². The van der Waals surface area contributed by atoms with Crippen LogP contribution in [0.3, 0.4) is 0 Å². The number of imidazole rings is 1. The molecule has 1 aromatic heterocycles. The summed E-state index contributed by atoms with van der Waals surface area (Å²) in [6, 6.07) is 7.94. The van der Waals surface area contributed by atoms with Gasteiger partial charge in [-0.25, -0.2) is 4.79 Å². The van der Waals surface area contributed by atoms with E-state index < -0.39 is 0 Å². The van der Waals surface area contributed by atoms with Gasteiger partial charge in [-0.05, 0) is 26.0 Å². The van der Waals surface area contributed by atoms with Gasteiger partial charge in [-0.1, -0.05) is 17.7 Å². The number of hydrogen-bond donors (Lipinski definition) is 0. The monoisotopic (exact) mass is 202 g/mol. The van der Waals surface area contributed by atoms with Crippen LogP contribution < -0.4 is 5.69 Å². The van der Waals surface area contributed by atoms with Crippen molar-refractivity contribution in [3.63, 3.8) is 0 Å². The zero-order valence-electron chi connectivity index (χ0n) is 9.19. The third kappa shape index (κ3) is 1.61. The van der Waals surface area contributed by atoms with E-state index in [0.717, 1.165) is 11.4 Å². The molecule has 0 aliphatic heterocycles. The van der Waals surface area contributed by atoms with E-state index in [0.29, 0.717) is 0 Å². The van der Waals surface area contributed by atoms with Gasteiger partial charge < -0.3 is 4.57 Å². The molecule has 0 saturated heterocycles. The molecule has 0 radical (unpaired) electrons. The second-order valence-corrected chi connectivity index (χ2v) is 3.83. The first-order valence-corrected chi connectivity index (χ1v) is 4.91. The van der Waals surface area contributed by atoms with E-state index in [9.17, 15) is 4.79 Å². The Hall–Kier alpha value is -1.77. The van der Waals surface area contributed by atoms with Crippen LogP contribution in [0.2, 0.25) is 0 Å². The van der Waals surface area contributed by atoms with Crippen LogP contribution in [0, 0.1) is 13.8 Å². The van der Waals surface area contributed by atoms with Crippen LogP contribution >= 0.6 is 0 Å². The lowest BCUT2D eigenvalue weighted by atomic mass is 10.2. The predicted molar refractivity (Wildman–Crippen MR) is 60.5 cm³/mol. The van der Waals surface area contributed by atoms with Crippen molar-refractivity contribution in [2.75, 3.05) is 0 Å². The Morgan fingerprint density at radius 3 is 2.13 bits per heavy atom. The quantitative estimate of drug-likeness (QED) is 0.692. The summed E-state index contributed by atoms with van der Waals surface area (Å²) in [6.07, 6.45) is 1.84. The van der Waals surface area contributed by atoms with Crippen molar-refractivity contribution in [1.82, 2.24) is 9.13 Å². The van der Waals surface area contributed by atoms with Gasteiger partial charge in [0.1, 0.15) is 0 Å². The number of hydrogen-bond acceptors (Lipinski definition) is 1. The number of aromatic nitrogens is 2. The first-order chi connectivity index (χ1) is 7.09. The summed E-state index contributed by atoms with van der Waals surface area (Å²) in [5.74, 6) is 0. The van der Waals surface area contributed by atoms with Crippen molar-refractivity contribution < 1.29 is 0 Å². The Kier molecular flexibility index (Phi) is 2.23. The Morgan fingerprint density at radius 2 is 1.67 bits per heavy atom. The molecular weight excluding hydrogens is 188 g/mol. The van der Waals surface area contributed by atoms with Crippen LogP contribution in [-0.2, 0) is 7.05 Å². The van der Waals surface area contributed by atoms with Crippen molar-refractivity contribution in [2.45, 2.75) is 13.8 Å². The van der Waals surface area contributed by atoms with E-state index in [4.69, 9.17) is 0 Å². The highest BCUT2D eigenvalue weighted by atomic mass is 16.1. The zero-order valence-corrected chi connectivity index (χ0v) is 9.19. The smallest absolute Gasteiger partial charge is 0.302 e. The lowest BCUT2D eigenvalue weighted by molar-refractivity contribution is 0.821. The molecule has 15 heavy (non-hydrogen) atoms. The molecule has 3 heteroatoms. The predicted octanol–water partition coefficient (Wildman–Crippen LogP) is 1.79. The Labute approximate surface area is 88.6 Å². The minimum atomic E-state index is -0.00338. The molecule has 0 spiro atoms. The molecule has 1 aromatic carbocycles. The zero-order chi connectivity index (χ0) is 11.0. The maximum Gasteiger partial charge on any atom is 0.332 e. The lowest BCUT2D eigenvalue weighted by Crippen LogP contribution is -2.21. The van der Waals surface area contributed by atoms with Gasteiger partial charge in [-0.3, -0.25) is 4.57 Å². The number of nitrogens with zero attached hydrogens (tertiary/aromatic N) is 2. The Bertz CT molecular complexity index is 532. The van der Waals surface area contributed by atoms with Crippen molar-refractivity contribution in [2.24, 2.45) is 7.05 Å². The van der Waals surface area contributed by atoms with Gasteiger partial charge in [0.05, 0.1) is 5.69 Å². The van der Waals surface area contributed by atoms with Crippen LogP contribution in [0.25, 0.3) is 5.69 Å². The molecule has 0 unspecified atom stereocenters. The molecule has 0 fully saturated rings. The summed E-state index contributed by atoms with van der Waals surface area (Å²) in [6.45, 7) is 3.96. The topological polar surface area (TPSA) is 26.9 Å². The van der Waals surface area contributed by atoms with E-state index in [1.807, 2.05) is 44.3 Å². The fourth-order valence-corrected chi connectivity index (χ4v) is 1.71. The minimum absolute atomic E-state index is 0.00338. The molecule has 0 atom stereocenters. The van der Waals surface area contributed by atoms with Gasteiger partial charge in [0.25, 0.3) is 0 Å². The third-order valence-electron chi connectivity index (χ3n) is 2.52. The van der Waals surface area contributed by atoms with Crippen LogP contribution in [0.1, 0.15) is 11.3 Å². The highest BCUT2D eigenvalue weighted by Crippen LogP contribution is 2.09. The normalized spacial score (nSPS) is 10.6. The van der Waals surface area contributed by atoms with Gasteiger partial charge in [0, 0.05) is 18.9 Å². The van der Waals surface area contributed by atoms with Gasteiger partial charge in [0.15, 0.2) is 0 Å². The standard InChI is InChI=1S/C12H14N2O/c1-9-4-6-11(7-5-9)14-10(2)8-13(3)12(14)15/h4-8H,1-3H3. The summed E-state index contributed by atoms with van der Waals surface area (Å²) in [5, 5.41) is 0. The molecule has 0 aliphatic rings. The maximum atomic E-state index is 11.8. The highest BCUT2D eigenvalue weighted by molar-refractivity contribution is 5.35. The van der Waals surface area contributed by atoms with Crippen LogP contribution in [0.15, 0.2) is 35.3 Å². The van der Waals surface area contributed by atoms with E-state index in [1.165, 1.54) is 5.56 Å². The molecule has 1 heterocycles. The first-order valence-electron chi connectivity index (χ1n) is 4.91. The fraction of sp³-hybridized carbons (Fsp3) is 0.250. The highest BCUT2D eigenvalue weighted by Gasteiger charge is 2.06. The SMILES string of the molecule is Cc1ccc(-n2c(C)cn(C)c2=O)cc1.